The van der Waals surface area contributed by atoms with Crippen molar-refractivity contribution < 1.29 is 0 Å². The molecule has 5 nitrogen and oxygen atoms in total. The van der Waals surface area contributed by atoms with Crippen LogP contribution in [-0.2, 0) is 0 Å². The molecule has 0 unspecified atom stereocenters. The first-order valence-corrected chi connectivity index (χ1v) is 6.59. The van der Waals surface area contributed by atoms with Crippen molar-refractivity contribution >= 4 is 22.5 Å². The zero-order valence-electron chi connectivity index (χ0n) is 11.8. The summed E-state index contributed by atoms with van der Waals surface area (Å²) >= 11 is 0. The van der Waals surface area contributed by atoms with Gasteiger partial charge < -0.3 is 5.32 Å². The van der Waals surface area contributed by atoms with Gasteiger partial charge in [-0.2, -0.15) is 0 Å². The van der Waals surface area contributed by atoms with Gasteiger partial charge in [0, 0.05) is 11.9 Å². The Labute approximate surface area is 118 Å². The second-order valence-electron chi connectivity index (χ2n) is 3.87. The fourth-order valence-electron chi connectivity index (χ4n) is 1.69. The van der Waals surface area contributed by atoms with Gasteiger partial charge in [-0.15, -0.1) is 0 Å². The predicted molar refractivity (Wildman–Crippen MR) is 80.9 cm³/mol. The molecule has 0 saturated heterocycles. The normalized spacial score (nSPS) is 9.75. The van der Waals surface area contributed by atoms with Crippen molar-refractivity contribution in [2.45, 2.75) is 20.8 Å². The number of nitrogens with one attached hydrogen (secondary N) is 1. The summed E-state index contributed by atoms with van der Waals surface area (Å²) in [5.41, 5.74) is 1.62. The van der Waals surface area contributed by atoms with Gasteiger partial charge in [-0.3, -0.25) is 0 Å². The molecular formula is C15H17N5. The first-order valence-electron chi connectivity index (χ1n) is 6.59. The number of fused-ring (bicyclic) bond motifs is 1. The third kappa shape index (κ3) is 3.06. The summed E-state index contributed by atoms with van der Waals surface area (Å²) in [7, 11) is 0. The smallest absolute Gasteiger partial charge is 0.168 e. The highest BCUT2D eigenvalue weighted by molar-refractivity contribution is 5.87. The molecule has 0 atom stereocenters. The van der Waals surface area contributed by atoms with Crippen LogP contribution < -0.4 is 5.32 Å². The number of para-hydroxylation sites is 1. The summed E-state index contributed by atoms with van der Waals surface area (Å²) in [6, 6.07) is 9.85. The Bertz CT molecular complexity index is 682. The van der Waals surface area contributed by atoms with Crippen molar-refractivity contribution in [1.29, 1.82) is 0 Å². The fourth-order valence-corrected chi connectivity index (χ4v) is 1.69. The van der Waals surface area contributed by atoms with Crippen LogP contribution in [0.25, 0.3) is 11.0 Å². The molecule has 0 aliphatic carbocycles. The van der Waals surface area contributed by atoms with Crippen molar-refractivity contribution in [3.63, 3.8) is 0 Å². The van der Waals surface area contributed by atoms with E-state index in [4.69, 9.17) is 0 Å². The van der Waals surface area contributed by atoms with E-state index >= 15 is 0 Å². The van der Waals surface area contributed by atoms with Crippen molar-refractivity contribution in [3.05, 3.63) is 48.7 Å². The minimum atomic E-state index is 0.649. The lowest BCUT2D eigenvalue weighted by atomic mass is 10.3. The zero-order valence-corrected chi connectivity index (χ0v) is 11.8. The molecule has 5 heteroatoms. The molecular weight excluding hydrogens is 250 g/mol. The monoisotopic (exact) mass is 267 g/mol. The fraction of sp³-hybridized carbons (Fsp3) is 0.200. The molecule has 0 saturated carbocycles. The van der Waals surface area contributed by atoms with Crippen LogP contribution in [0.3, 0.4) is 0 Å². The molecule has 0 aliphatic rings. The Kier molecular flexibility index (Phi) is 4.55. The molecule has 2 heterocycles. The van der Waals surface area contributed by atoms with E-state index in [1.807, 2.05) is 51.1 Å². The van der Waals surface area contributed by atoms with Crippen LogP contribution in [0.1, 0.15) is 19.7 Å². The highest BCUT2D eigenvalue weighted by Gasteiger charge is 2.05. The van der Waals surface area contributed by atoms with Gasteiger partial charge in [0.05, 0.1) is 5.39 Å². The number of aryl methyl sites for hydroxylation is 1. The third-order valence-corrected chi connectivity index (χ3v) is 2.55. The van der Waals surface area contributed by atoms with E-state index in [2.05, 4.69) is 25.3 Å². The van der Waals surface area contributed by atoms with Crippen molar-refractivity contribution in [2.75, 3.05) is 5.32 Å². The standard InChI is InChI=1S/C13H11N5.C2H6/c1-9-14-7-11-12(17-9)15-8-16-13(11)18-10-5-3-2-4-6-10;1-2/h2-8H,1H3,(H,14,15,16,17,18);1-2H3. The van der Waals surface area contributed by atoms with Crippen LogP contribution in [0.4, 0.5) is 11.5 Å². The number of rotatable bonds is 2. The Morgan fingerprint density at radius 3 is 2.45 bits per heavy atom. The highest BCUT2D eigenvalue weighted by Crippen LogP contribution is 2.20. The topological polar surface area (TPSA) is 63.6 Å². The lowest BCUT2D eigenvalue weighted by Gasteiger charge is -2.07. The molecule has 2 aromatic heterocycles. The third-order valence-electron chi connectivity index (χ3n) is 2.55. The van der Waals surface area contributed by atoms with E-state index < -0.39 is 0 Å². The van der Waals surface area contributed by atoms with Gasteiger partial charge in [0.2, 0.25) is 0 Å². The van der Waals surface area contributed by atoms with Crippen LogP contribution in [0, 0.1) is 6.92 Å². The number of anilines is 2. The molecule has 20 heavy (non-hydrogen) atoms. The largest absolute Gasteiger partial charge is 0.340 e. The lowest BCUT2D eigenvalue weighted by Crippen LogP contribution is -1.98. The summed E-state index contributed by atoms with van der Waals surface area (Å²) in [4.78, 5) is 16.8. The zero-order chi connectivity index (χ0) is 14.4. The maximum absolute atomic E-state index is 4.28. The van der Waals surface area contributed by atoms with E-state index in [0.717, 1.165) is 11.1 Å². The van der Waals surface area contributed by atoms with Crippen molar-refractivity contribution in [2.24, 2.45) is 0 Å². The molecule has 3 rings (SSSR count). The Morgan fingerprint density at radius 1 is 0.950 bits per heavy atom. The van der Waals surface area contributed by atoms with Gasteiger partial charge in [-0.25, -0.2) is 19.9 Å². The second kappa shape index (κ2) is 6.56. The second-order valence-corrected chi connectivity index (χ2v) is 3.87. The SMILES string of the molecule is CC.Cc1ncc2c(Nc3ccccc3)ncnc2n1. The van der Waals surface area contributed by atoms with E-state index in [0.29, 0.717) is 17.3 Å². The predicted octanol–water partition coefficient (Wildman–Crippen LogP) is 3.50. The molecule has 0 radical (unpaired) electrons. The molecule has 1 N–H and O–H groups in total. The average Bonchev–Trinajstić information content (AvgIpc) is 2.50. The van der Waals surface area contributed by atoms with Gasteiger partial charge in [0.15, 0.2) is 5.65 Å². The molecule has 0 fully saturated rings. The maximum Gasteiger partial charge on any atom is 0.168 e. The number of hydrogen-bond donors (Lipinski definition) is 1. The van der Waals surface area contributed by atoms with Crippen LogP contribution in [-0.4, -0.2) is 19.9 Å². The maximum atomic E-state index is 4.28. The summed E-state index contributed by atoms with van der Waals surface area (Å²) in [5, 5.41) is 4.05. The number of aromatic nitrogens is 4. The average molecular weight is 267 g/mol. The van der Waals surface area contributed by atoms with Crippen molar-refractivity contribution in [1.82, 2.24) is 19.9 Å². The Hall–Kier alpha value is -2.56. The van der Waals surface area contributed by atoms with Crippen molar-refractivity contribution in [3.8, 4) is 0 Å². The highest BCUT2D eigenvalue weighted by atomic mass is 15.0. The Balaban J connectivity index is 0.000000704. The molecule has 0 spiro atoms. The van der Waals surface area contributed by atoms with Crippen LogP contribution >= 0.6 is 0 Å². The molecule has 0 aliphatic heterocycles. The minimum Gasteiger partial charge on any atom is -0.340 e. The summed E-state index contributed by atoms with van der Waals surface area (Å²) in [6.07, 6.45) is 3.24. The molecule has 3 aromatic rings. The van der Waals surface area contributed by atoms with E-state index in [9.17, 15) is 0 Å². The van der Waals surface area contributed by atoms with Gasteiger partial charge in [-0.1, -0.05) is 32.0 Å². The number of nitrogens with zero attached hydrogens (tertiary/aromatic N) is 4. The minimum absolute atomic E-state index is 0.649. The molecule has 0 amide bonds. The summed E-state index contributed by atoms with van der Waals surface area (Å²) < 4.78 is 0. The van der Waals surface area contributed by atoms with E-state index in [1.165, 1.54) is 6.33 Å². The van der Waals surface area contributed by atoms with E-state index in [1.54, 1.807) is 6.20 Å². The molecule has 102 valence electrons. The van der Waals surface area contributed by atoms with E-state index in [-0.39, 0.29) is 0 Å². The molecule has 0 bridgehead atoms. The lowest BCUT2D eigenvalue weighted by molar-refractivity contribution is 1.06. The van der Waals surface area contributed by atoms with Gasteiger partial charge in [-0.05, 0) is 19.1 Å². The number of benzene rings is 1. The summed E-state index contributed by atoms with van der Waals surface area (Å²) in [5.74, 6) is 1.41. The first-order chi connectivity index (χ1) is 9.83. The quantitative estimate of drug-likeness (QED) is 0.770. The molecule has 1 aromatic carbocycles. The van der Waals surface area contributed by atoms with Crippen LogP contribution in [0.2, 0.25) is 0 Å². The first kappa shape index (κ1) is 13.9. The van der Waals surface area contributed by atoms with Gasteiger partial charge >= 0.3 is 0 Å². The Morgan fingerprint density at radius 2 is 1.70 bits per heavy atom. The van der Waals surface area contributed by atoms with Gasteiger partial charge in [0.25, 0.3) is 0 Å². The van der Waals surface area contributed by atoms with Crippen LogP contribution in [0.5, 0.6) is 0 Å². The van der Waals surface area contributed by atoms with Crippen LogP contribution in [0.15, 0.2) is 42.9 Å². The number of hydrogen-bond acceptors (Lipinski definition) is 5. The van der Waals surface area contributed by atoms with Gasteiger partial charge in [0.1, 0.15) is 18.0 Å². The summed E-state index contributed by atoms with van der Waals surface area (Å²) in [6.45, 7) is 5.84.